The number of carboxylic acid groups (broad SMARTS) is 1. The van der Waals surface area contributed by atoms with Crippen molar-refractivity contribution in [2.75, 3.05) is 0 Å². The van der Waals surface area contributed by atoms with E-state index >= 15 is 0 Å². The van der Waals surface area contributed by atoms with Gasteiger partial charge < -0.3 is 5.11 Å². The van der Waals surface area contributed by atoms with Crippen LogP contribution in [0.3, 0.4) is 0 Å². The van der Waals surface area contributed by atoms with Crippen LogP contribution in [-0.4, -0.2) is 11.1 Å². The Morgan fingerprint density at radius 3 is 2.39 bits per heavy atom. The van der Waals surface area contributed by atoms with Crippen LogP contribution in [-0.2, 0) is 4.79 Å². The Morgan fingerprint density at radius 2 is 1.83 bits per heavy atom. The summed E-state index contributed by atoms with van der Waals surface area (Å²) < 4.78 is 26.1. The molecule has 18 heavy (non-hydrogen) atoms. The van der Waals surface area contributed by atoms with E-state index in [1.165, 1.54) is 6.07 Å². The van der Waals surface area contributed by atoms with Gasteiger partial charge in [0.25, 0.3) is 0 Å². The highest BCUT2D eigenvalue weighted by Gasteiger charge is 2.31. The smallest absolute Gasteiger partial charge is 0.311 e. The lowest BCUT2D eigenvalue weighted by molar-refractivity contribution is -0.140. The van der Waals surface area contributed by atoms with Crippen LogP contribution in [0.4, 0.5) is 8.78 Å². The zero-order valence-corrected chi connectivity index (χ0v) is 10.0. The second-order valence-corrected chi connectivity index (χ2v) is 4.89. The largest absolute Gasteiger partial charge is 0.481 e. The van der Waals surface area contributed by atoms with Crippen molar-refractivity contribution in [2.45, 2.75) is 38.0 Å². The third-order valence-corrected chi connectivity index (χ3v) is 3.69. The van der Waals surface area contributed by atoms with Crippen molar-refractivity contribution in [3.05, 3.63) is 35.4 Å². The molecule has 1 aromatic rings. The molecule has 2 rings (SSSR count). The van der Waals surface area contributed by atoms with Gasteiger partial charge in [0.05, 0.1) is 5.92 Å². The minimum Gasteiger partial charge on any atom is -0.481 e. The summed E-state index contributed by atoms with van der Waals surface area (Å²) in [6, 6.07) is 3.40. The third kappa shape index (κ3) is 2.68. The predicted octanol–water partition coefficient (Wildman–Crippen LogP) is 3.71. The van der Waals surface area contributed by atoms with Crippen molar-refractivity contribution in [1.29, 1.82) is 0 Å². The Hall–Kier alpha value is -1.45. The van der Waals surface area contributed by atoms with E-state index < -0.39 is 23.5 Å². The Balaban J connectivity index is 2.28. The first kappa shape index (κ1) is 13.0. The molecule has 2 nitrogen and oxygen atoms in total. The van der Waals surface area contributed by atoms with E-state index in [0.717, 1.165) is 44.2 Å². The van der Waals surface area contributed by atoms with E-state index in [1.54, 1.807) is 0 Å². The molecule has 1 aliphatic carbocycles. The maximum atomic E-state index is 13.2. The van der Waals surface area contributed by atoms with Gasteiger partial charge in [0.1, 0.15) is 0 Å². The van der Waals surface area contributed by atoms with Gasteiger partial charge in [0, 0.05) is 0 Å². The fourth-order valence-electron chi connectivity index (χ4n) is 2.79. The third-order valence-electron chi connectivity index (χ3n) is 3.69. The van der Waals surface area contributed by atoms with Crippen molar-refractivity contribution >= 4 is 5.97 Å². The number of hydrogen-bond acceptors (Lipinski definition) is 1. The topological polar surface area (TPSA) is 37.3 Å². The summed E-state index contributed by atoms with van der Waals surface area (Å²) in [5, 5.41) is 9.32. The normalized spacial score (nSPS) is 18.6. The predicted molar refractivity (Wildman–Crippen MR) is 63.3 cm³/mol. The monoisotopic (exact) mass is 254 g/mol. The quantitative estimate of drug-likeness (QED) is 0.892. The second kappa shape index (κ2) is 5.46. The number of aliphatic carboxylic acids is 1. The van der Waals surface area contributed by atoms with Gasteiger partial charge in [-0.05, 0) is 36.5 Å². The number of carboxylic acids is 1. The number of benzene rings is 1. The lowest BCUT2D eigenvalue weighted by Gasteiger charge is -2.27. The molecule has 0 radical (unpaired) electrons. The Labute approximate surface area is 105 Å². The van der Waals surface area contributed by atoms with E-state index in [4.69, 9.17) is 0 Å². The minimum absolute atomic E-state index is 0.0288. The first-order valence-electron chi connectivity index (χ1n) is 6.27. The van der Waals surface area contributed by atoms with Crippen LogP contribution in [0.1, 0.15) is 43.6 Å². The fourth-order valence-corrected chi connectivity index (χ4v) is 2.79. The van der Waals surface area contributed by atoms with Crippen LogP contribution >= 0.6 is 0 Å². The van der Waals surface area contributed by atoms with Gasteiger partial charge in [-0.25, -0.2) is 8.78 Å². The maximum absolute atomic E-state index is 13.2. The molecule has 1 aromatic carbocycles. The van der Waals surface area contributed by atoms with Crippen molar-refractivity contribution in [1.82, 2.24) is 0 Å². The summed E-state index contributed by atoms with van der Waals surface area (Å²) in [5.41, 5.74) is 0.369. The highest BCUT2D eigenvalue weighted by atomic mass is 19.2. The molecule has 4 heteroatoms. The molecule has 1 unspecified atom stereocenters. The Kier molecular flexibility index (Phi) is 3.94. The first-order chi connectivity index (χ1) is 8.59. The SMILES string of the molecule is O=C(O)C(c1ccc(F)c(F)c1)C1CCCCC1. The molecule has 1 N–H and O–H groups in total. The molecule has 0 aliphatic heterocycles. The van der Waals surface area contributed by atoms with Crippen molar-refractivity contribution in [2.24, 2.45) is 5.92 Å². The summed E-state index contributed by atoms with van der Waals surface area (Å²) in [6.07, 6.45) is 4.84. The van der Waals surface area contributed by atoms with Gasteiger partial charge in [-0.3, -0.25) is 4.79 Å². The van der Waals surface area contributed by atoms with Gasteiger partial charge in [0.15, 0.2) is 11.6 Å². The van der Waals surface area contributed by atoms with E-state index in [9.17, 15) is 18.7 Å². The molecule has 1 fully saturated rings. The highest BCUT2D eigenvalue weighted by molar-refractivity contribution is 5.76. The molecule has 0 amide bonds. The van der Waals surface area contributed by atoms with E-state index in [-0.39, 0.29) is 5.92 Å². The van der Waals surface area contributed by atoms with E-state index in [2.05, 4.69) is 0 Å². The summed E-state index contributed by atoms with van der Waals surface area (Å²) >= 11 is 0. The fraction of sp³-hybridized carbons (Fsp3) is 0.500. The number of halogens is 2. The summed E-state index contributed by atoms with van der Waals surface area (Å²) in [6.45, 7) is 0. The van der Waals surface area contributed by atoms with Crippen LogP contribution in [0, 0.1) is 17.6 Å². The molecule has 98 valence electrons. The number of rotatable bonds is 3. The van der Waals surface area contributed by atoms with Crippen LogP contribution in [0.5, 0.6) is 0 Å². The summed E-state index contributed by atoms with van der Waals surface area (Å²) in [5.74, 6) is -3.56. The number of hydrogen-bond donors (Lipinski definition) is 1. The minimum atomic E-state index is -0.977. The maximum Gasteiger partial charge on any atom is 0.311 e. The zero-order valence-electron chi connectivity index (χ0n) is 10.0. The van der Waals surface area contributed by atoms with E-state index in [1.807, 2.05) is 0 Å². The van der Waals surface area contributed by atoms with Crippen molar-refractivity contribution < 1.29 is 18.7 Å². The van der Waals surface area contributed by atoms with Gasteiger partial charge in [-0.1, -0.05) is 25.3 Å². The molecular formula is C14H16F2O2. The molecule has 0 heterocycles. The second-order valence-electron chi connectivity index (χ2n) is 4.89. The summed E-state index contributed by atoms with van der Waals surface area (Å²) in [4.78, 5) is 11.4. The molecule has 1 atom stereocenters. The average molecular weight is 254 g/mol. The molecule has 0 spiro atoms. The van der Waals surface area contributed by atoms with Crippen molar-refractivity contribution in [3.8, 4) is 0 Å². The molecule has 1 aliphatic rings. The molecule has 1 saturated carbocycles. The van der Waals surface area contributed by atoms with Crippen LogP contribution in [0.15, 0.2) is 18.2 Å². The van der Waals surface area contributed by atoms with Crippen LogP contribution in [0.2, 0.25) is 0 Å². The van der Waals surface area contributed by atoms with Gasteiger partial charge in [0.2, 0.25) is 0 Å². The lowest BCUT2D eigenvalue weighted by atomic mass is 9.77. The molecule has 0 saturated heterocycles. The highest BCUT2D eigenvalue weighted by Crippen LogP contribution is 2.36. The lowest BCUT2D eigenvalue weighted by Crippen LogP contribution is -2.23. The Bertz CT molecular complexity index is 439. The van der Waals surface area contributed by atoms with Gasteiger partial charge in [-0.2, -0.15) is 0 Å². The standard InChI is InChI=1S/C14H16F2O2/c15-11-7-6-10(8-12(11)16)13(14(17)18)9-4-2-1-3-5-9/h6-9,13H,1-5H2,(H,17,18). The average Bonchev–Trinajstić information content (AvgIpc) is 2.35. The van der Waals surface area contributed by atoms with Crippen LogP contribution < -0.4 is 0 Å². The summed E-state index contributed by atoms with van der Waals surface area (Å²) in [7, 11) is 0. The Morgan fingerprint density at radius 1 is 1.17 bits per heavy atom. The first-order valence-corrected chi connectivity index (χ1v) is 6.27. The van der Waals surface area contributed by atoms with E-state index in [0.29, 0.717) is 5.56 Å². The van der Waals surface area contributed by atoms with Gasteiger partial charge >= 0.3 is 5.97 Å². The molecule has 0 bridgehead atoms. The zero-order chi connectivity index (χ0) is 13.1. The van der Waals surface area contributed by atoms with Gasteiger partial charge in [-0.15, -0.1) is 0 Å². The molecular weight excluding hydrogens is 238 g/mol. The van der Waals surface area contributed by atoms with Crippen molar-refractivity contribution in [3.63, 3.8) is 0 Å². The van der Waals surface area contributed by atoms with Crippen LogP contribution in [0.25, 0.3) is 0 Å². The number of carbonyl (C=O) groups is 1. The molecule has 0 aromatic heterocycles.